The summed E-state index contributed by atoms with van der Waals surface area (Å²) in [6.45, 7) is 2.82. The number of benzene rings is 1. The lowest BCUT2D eigenvalue weighted by molar-refractivity contribution is -0.118. The molecule has 0 bridgehead atoms. The highest BCUT2D eigenvalue weighted by atomic mass is 35.5. The fourth-order valence-electron chi connectivity index (χ4n) is 1.41. The molecule has 0 spiro atoms. The van der Waals surface area contributed by atoms with Crippen LogP contribution in [0.15, 0.2) is 18.2 Å². The molecular weight excluding hydrogens is 247 g/mol. The van der Waals surface area contributed by atoms with Gasteiger partial charge in [-0.1, -0.05) is 23.2 Å². The van der Waals surface area contributed by atoms with Crippen LogP contribution in [0.1, 0.15) is 13.3 Å². The predicted octanol–water partition coefficient (Wildman–Crippen LogP) is 2.70. The van der Waals surface area contributed by atoms with Gasteiger partial charge in [-0.15, -0.1) is 0 Å². The zero-order valence-electron chi connectivity index (χ0n) is 9.04. The monoisotopic (exact) mass is 260 g/mol. The van der Waals surface area contributed by atoms with Crippen molar-refractivity contribution in [1.82, 2.24) is 0 Å². The van der Waals surface area contributed by atoms with Crippen LogP contribution in [-0.4, -0.2) is 19.0 Å². The van der Waals surface area contributed by atoms with E-state index in [4.69, 9.17) is 28.9 Å². The van der Waals surface area contributed by atoms with Gasteiger partial charge in [0.15, 0.2) is 0 Å². The van der Waals surface area contributed by atoms with Crippen LogP contribution in [0.4, 0.5) is 5.69 Å². The van der Waals surface area contributed by atoms with Gasteiger partial charge >= 0.3 is 0 Å². The van der Waals surface area contributed by atoms with E-state index in [0.29, 0.717) is 29.6 Å². The van der Waals surface area contributed by atoms with E-state index in [0.717, 1.165) is 5.69 Å². The number of amides is 1. The largest absolute Gasteiger partial charge is 0.330 e. The average Bonchev–Trinajstić information content (AvgIpc) is 2.25. The molecule has 16 heavy (non-hydrogen) atoms. The Morgan fingerprint density at radius 1 is 1.38 bits per heavy atom. The SMILES string of the molecule is CCN(C(=O)CCN)c1ccc(Cl)c(Cl)c1. The van der Waals surface area contributed by atoms with Gasteiger partial charge < -0.3 is 10.6 Å². The Balaban J connectivity index is 2.95. The molecule has 0 saturated heterocycles. The third-order valence-corrected chi connectivity index (χ3v) is 2.93. The van der Waals surface area contributed by atoms with Crippen LogP contribution in [0.5, 0.6) is 0 Å². The average molecular weight is 261 g/mol. The summed E-state index contributed by atoms with van der Waals surface area (Å²) < 4.78 is 0. The zero-order valence-corrected chi connectivity index (χ0v) is 10.6. The van der Waals surface area contributed by atoms with Gasteiger partial charge in [0.1, 0.15) is 0 Å². The third-order valence-electron chi connectivity index (χ3n) is 2.19. The van der Waals surface area contributed by atoms with E-state index in [2.05, 4.69) is 0 Å². The van der Waals surface area contributed by atoms with Crippen molar-refractivity contribution in [3.8, 4) is 0 Å². The molecule has 3 nitrogen and oxygen atoms in total. The van der Waals surface area contributed by atoms with E-state index in [1.165, 1.54) is 0 Å². The smallest absolute Gasteiger partial charge is 0.228 e. The van der Waals surface area contributed by atoms with Crippen LogP contribution < -0.4 is 10.6 Å². The highest BCUT2D eigenvalue weighted by Crippen LogP contribution is 2.27. The fraction of sp³-hybridized carbons (Fsp3) is 0.364. The maximum atomic E-state index is 11.7. The molecule has 0 aliphatic rings. The number of nitrogens with zero attached hydrogens (tertiary/aromatic N) is 1. The van der Waals surface area contributed by atoms with Gasteiger partial charge in [0.05, 0.1) is 10.0 Å². The van der Waals surface area contributed by atoms with Crippen LogP contribution in [0.3, 0.4) is 0 Å². The second-order valence-corrected chi connectivity index (χ2v) is 4.09. The minimum Gasteiger partial charge on any atom is -0.330 e. The molecule has 1 aromatic carbocycles. The number of anilines is 1. The van der Waals surface area contributed by atoms with Gasteiger partial charge in [-0.2, -0.15) is 0 Å². The number of hydrogen-bond donors (Lipinski definition) is 1. The van der Waals surface area contributed by atoms with Crippen molar-refractivity contribution in [2.24, 2.45) is 5.73 Å². The zero-order chi connectivity index (χ0) is 12.1. The molecule has 2 N–H and O–H groups in total. The molecule has 88 valence electrons. The van der Waals surface area contributed by atoms with Crippen molar-refractivity contribution in [2.45, 2.75) is 13.3 Å². The van der Waals surface area contributed by atoms with Gasteiger partial charge in [0.25, 0.3) is 0 Å². The summed E-state index contributed by atoms with van der Waals surface area (Å²) in [5.41, 5.74) is 6.11. The number of nitrogens with two attached hydrogens (primary N) is 1. The second-order valence-electron chi connectivity index (χ2n) is 3.28. The third kappa shape index (κ3) is 3.11. The first-order valence-electron chi connectivity index (χ1n) is 5.05. The Bertz CT molecular complexity index is 382. The summed E-state index contributed by atoms with van der Waals surface area (Å²) in [4.78, 5) is 13.4. The second kappa shape index (κ2) is 6.09. The lowest BCUT2D eigenvalue weighted by Crippen LogP contribution is -2.31. The lowest BCUT2D eigenvalue weighted by Gasteiger charge is -2.21. The number of hydrogen-bond acceptors (Lipinski definition) is 2. The summed E-state index contributed by atoms with van der Waals surface area (Å²) in [6.07, 6.45) is 0.327. The highest BCUT2D eigenvalue weighted by molar-refractivity contribution is 6.42. The molecular formula is C11H14Cl2N2O. The topological polar surface area (TPSA) is 46.3 Å². The molecule has 0 radical (unpaired) electrons. The number of carbonyl (C=O) groups is 1. The maximum Gasteiger partial charge on any atom is 0.228 e. The van der Waals surface area contributed by atoms with Crippen molar-refractivity contribution in [2.75, 3.05) is 18.0 Å². The predicted molar refractivity (Wildman–Crippen MR) is 68.2 cm³/mol. The van der Waals surface area contributed by atoms with Crippen LogP contribution in [-0.2, 0) is 4.79 Å². The molecule has 1 rings (SSSR count). The Morgan fingerprint density at radius 3 is 2.56 bits per heavy atom. The van der Waals surface area contributed by atoms with Crippen LogP contribution in [0, 0.1) is 0 Å². The molecule has 0 unspecified atom stereocenters. The summed E-state index contributed by atoms with van der Waals surface area (Å²) >= 11 is 11.7. The Labute approximate surface area is 105 Å². The molecule has 1 aromatic rings. The molecule has 0 atom stereocenters. The van der Waals surface area contributed by atoms with Crippen molar-refractivity contribution in [3.63, 3.8) is 0 Å². The van der Waals surface area contributed by atoms with Crippen molar-refractivity contribution < 1.29 is 4.79 Å². The Hall–Kier alpha value is -0.770. The normalized spacial score (nSPS) is 10.2. The fourth-order valence-corrected chi connectivity index (χ4v) is 1.71. The van der Waals surface area contributed by atoms with Gasteiger partial charge in [-0.25, -0.2) is 0 Å². The number of halogens is 2. The summed E-state index contributed by atoms with van der Waals surface area (Å²) in [5.74, 6) is -0.0108. The van der Waals surface area contributed by atoms with Crippen LogP contribution >= 0.6 is 23.2 Å². The molecule has 0 aromatic heterocycles. The first-order valence-corrected chi connectivity index (χ1v) is 5.81. The maximum absolute atomic E-state index is 11.7. The van der Waals surface area contributed by atoms with Gasteiger partial charge in [-0.05, 0) is 25.1 Å². The molecule has 5 heteroatoms. The van der Waals surface area contributed by atoms with E-state index < -0.39 is 0 Å². The minimum atomic E-state index is -0.0108. The Morgan fingerprint density at radius 2 is 2.06 bits per heavy atom. The lowest BCUT2D eigenvalue weighted by atomic mass is 10.2. The molecule has 0 aliphatic heterocycles. The van der Waals surface area contributed by atoms with E-state index >= 15 is 0 Å². The molecule has 0 fully saturated rings. The summed E-state index contributed by atoms with van der Waals surface area (Å²) in [7, 11) is 0. The van der Waals surface area contributed by atoms with Crippen molar-refractivity contribution in [3.05, 3.63) is 28.2 Å². The van der Waals surface area contributed by atoms with E-state index in [1.54, 1.807) is 23.1 Å². The Kier molecular flexibility index (Phi) is 5.06. The number of rotatable bonds is 4. The first-order chi connectivity index (χ1) is 7.60. The van der Waals surface area contributed by atoms with E-state index in [9.17, 15) is 4.79 Å². The van der Waals surface area contributed by atoms with Crippen molar-refractivity contribution in [1.29, 1.82) is 0 Å². The molecule has 1 amide bonds. The summed E-state index contributed by atoms with van der Waals surface area (Å²) in [6, 6.07) is 5.13. The van der Waals surface area contributed by atoms with Gasteiger partial charge in [-0.3, -0.25) is 4.79 Å². The first kappa shape index (κ1) is 13.3. The molecule has 0 heterocycles. The van der Waals surface area contributed by atoms with Crippen LogP contribution in [0.25, 0.3) is 0 Å². The standard InChI is InChI=1S/C11H14Cl2N2O/c1-2-15(11(16)5-6-14)8-3-4-9(12)10(13)7-8/h3-4,7H,2,5-6,14H2,1H3. The van der Waals surface area contributed by atoms with Gasteiger partial charge in [0.2, 0.25) is 5.91 Å². The summed E-state index contributed by atoms with van der Waals surface area (Å²) in [5, 5.41) is 0.922. The van der Waals surface area contributed by atoms with E-state index in [-0.39, 0.29) is 5.91 Å². The quantitative estimate of drug-likeness (QED) is 0.905. The van der Waals surface area contributed by atoms with Crippen LogP contribution in [0.2, 0.25) is 10.0 Å². The van der Waals surface area contributed by atoms with E-state index in [1.807, 2.05) is 6.92 Å². The molecule has 0 saturated carbocycles. The van der Waals surface area contributed by atoms with Gasteiger partial charge in [0, 0.05) is 25.2 Å². The number of carbonyl (C=O) groups excluding carboxylic acids is 1. The highest BCUT2D eigenvalue weighted by Gasteiger charge is 2.13. The molecule has 0 aliphatic carbocycles. The minimum absolute atomic E-state index is 0.0108. The van der Waals surface area contributed by atoms with Crippen molar-refractivity contribution >= 4 is 34.8 Å².